The summed E-state index contributed by atoms with van der Waals surface area (Å²) in [6.07, 6.45) is 7.66. The number of hydrogen-bond donors (Lipinski definition) is 1. The molecule has 0 bridgehead atoms. The molecule has 34 heavy (non-hydrogen) atoms. The molecule has 0 saturated heterocycles. The summed E-state index contributed by atoms with van der Waals surface area (Å²) in [5.41, 5.74) is 3.50. The minimum Gasteiger partial charge on any atom is -0.481 e. The Morgan fingerprint density at radius 1 is 1.06 bits per heavy atom. The van der Waals surface area contributed by atoms with Gasteiger partial charge in [-0.2, -0.15) is 0 Å². The van der Waals surface area contributed by atoms with E-state index in [1.807, 2.05) is 31.2 Å². The number of rotatable bonds is 8. The van der Waals surface area contributed by atoms with Crippen molar-refractivity contribution >= 4 is 11.8 Å². The molecule has 1 heterocycles. The Kier molecular flexibility index (Phi) is 6.89. The third-order valence-electron chi connectivity index (χ3n) is 7.65. The standard InChI is InChI=1S/C29H36N2O3/c1-2-26(28(32)30-19-20-12-13-20)34-24-15-14-21-16-17-31(29(33)23-10-6-7-11-23)27(25(21)18-24)22-8-4-3-5-9-22/h3-5,8-9,14-15,18,20,23,26-27H,2,6-7,10-13,16-17,19H2,1H3,(H,30,32). The summed E-state index contributed by atoms with van der Waals surface area (Å²) in [7, 11) is 0. The minimum absolute atomic E-state index is 0.0373. The summed E-state index contributed by atoms with van der Waals surface area (Å²) < 4.78 is 6.21. The van der Waals surface area contributed by atoms with Crippen molar-refractivity contribution in [3.63, 3.8) is 0 Å². The smallest absolute Gasteiger partial charge is 0.261 e. The van der Waals surface area contributed by atoms with Gasteiger partial charge in [0.2, 0.25) is 5.91 Å². The number of ether oxygens (including phenoxy) is 1. The zero-order chi connectivity index (χ0) is 23.5. The molecule has 2 saturated carbocycles. The highest BCUT2D eigenvalue weighted by molar-refractivity contribution is 5.81. The van der Waals surface area contributed by atoms with Crippen molar-refractivity contribution in [2.75, 3.05) is 13.1 Å². The molecule has 5 nitrogen and oxygen atoms in total. The van der Waals surface area contributed by atoms with Gasteiger partial charge in [-0.3, -0.25) is 9.59 Å². The molecule has 2 aromatic carbocycles. The van der Waals surface area contributed by atoms with Gasteiger partial charge in [-0.1, -0.05) is 56.2 Å². The SMILES string of the molecule is CCC(Oc1ccc2c(c1)C(c1ccccc1)N(C(=O)C1CCCC1)CC2)C(=O)NCC1CC1. The lowest BCUT2D eigenvalue weighted by Gasteiger charge is -2.39. The van der Waals surface area contributed by atoms with Gasteiger partial charge in [-0.25, -0.2) is 0 Å². The maximum atomic E-state index is 13.6. The maximum absolute atomic E-state index is 13.6. The molecule has 2 aromatic rings. The van der Waals surface area contributed by atoms with Gasteiger partial charge in [0.15, 0.2) is 6.10 Å². The van der Waals surface area contributed by atoms with E-state index >= 15 is 0 Å². The fourth-order valence-electron chi connectivity index (χ4n) is 5.47. The van der Waals surface area contributed by atoms with Crippen molar-refractivity contribution in [2.24, 2.45) is 11.8 Å². The van der Waals surface area contributed by atoms with E-state index in [0.717, 1.165) is 56.3 Å². The Labute approximate surface area is 202 Å². The predicted molar refractivity (Wildman–Crippen MR) is 133 cm³/mol. The van der Waals surface area contributed by atoms with Gasteiger partial charge >= 0.3 is 0 Å². The van der Waals surface area contributed by atoms with Crippen molar-refractivity contribution in [1.29, 1.82) is 0 Å². The van der Waals surface area contributed by atoms with E-state index in [0.29, 0.717) is 18.1 Å². The van der Waals surface area contributed by atoms with Crippen LogP contribution in [-0.2, 0) is 16.0 Å². The Morgan fingerprint density at radius 2 is 1.82 bits per heavy atom. The zero-order valence-electron chi connectivity index (χ0n) is 20.2. The first-order valence-corrected chi connectivity index (χ1v) is 13.1. The predicted octanol–water partition coefficient (Wildman–Crippen LogP) is 5.03. The number of hydrogen-bond acceptors (Lipinski definition) is 3. The lowest BCUT2D eigenvalue weighted by Crippen LogP contribution is -2.43. The lowest BCUT2D eigenvalue weighted by atomic mass is 9.87. The fourth-order valence-corrected chi connectivity index (χ4v) is 5.47. The summed E-state index contributed by atoms with van der Waals surface area (Å²) in [5, 5.41) is 3.05. The first-order chi connectivity index (χ1) is 16.6. The Bertz CT molecular complexity index is 1010. The van der Waals surface area contributed by atoms with Crippen molar-refractivity contribution in [3.05, 3.63) is 65.2 Å². The highest BCUT2D eigenvalue weighted by Crippen LogP contribution is 2.39. The maximum Gasteiger partial charge on any atom is 0.261 e. The molecule has 0 aromatic heterocycles. The van der Waals surface area contributed by atoms with Crippen molar-refractivity contribution < 1.29 is 14.3 Å². The number of amides is 2. The normalized spacial score (nSPS) is 21.1. The average Bonchev–Trinajstić information content (AvgIpc) is 3.55. The average molecular weight is 461 g/mol. The van der Waals surface area contributed by atoms with Gasteiger partial charge in [-0.05, 0) is 73.3 Å². The van der Waals surface area contributed by atoms with Gasteiger partial charge in [0, 0.05) is 19.0 Å². The quantitative estimate of drug-likeness (QED) is 0.601. The van der Waals surface area contributed by atoms with E-state index in [1.165, 1.54) is 18.4 Å². The topological polar surface area (TPSA) is 58.6 Å². The van der Waals surface area contributed by atoms with Crippen LogP contribution in [-0.4, -0.2) is 35.9 Å². The summed E-state index contributed by atoms with van der Waals surface area (Å²) in [4.78, 5) is 28.3. The highest BCUT2D eigenvalue weighted by Gasteiger charge is 2.36. The molecule has 0 radical (unpaired) electrons. The number of fused-ring (bicyclic) bond motifs is 1. The Morgan fingerprint density at radius 3 is 2.53 bits per heavy atom. The van der Waals surface area contributed by atoms with Crippen LogP contribution in [0.25, 0.3) is 0 Å². The Hall–Kier alpha value is -2.82. The van der Waals surface area contributed by atoms with E-state index in [-0.39, 0.29) is 23.8 Å². The first-order valence-electron chi connectivity index (χ1n) is 13.1. The molecule has 5 heteroatoms. The van der Waals surface area contributed by atoms with Gasteiger partial charge in [0.25, 0.3) is 5.91 Å². The lowest BCUT2D eigenvalue weighted by molar-refractivity contribution is -0.137. The van der Waals surface area contributed by atoms with Crippen LogP contribution in [0.3, 0.4) is 0 Å². The van der Waals surface area contributed by atoms with E-state index in [9.17, 15) is 9.59 Å². The van der Waals surface area contributed by atoms with Crippen LogP contribution in [0.2, 0.25) is 0 Å². The van der Waals surface area contributed by atoms with Crippen LogP contribution in [0.15, 0.2) is 48.5 Å². The molecule has 2 unspecified atom stereocenters. The number of carbonyl (C=O) groups excluding carboxylic acids is 2. The molecule has 1 aliphatic heterocycles. The third kappa shape index (κ3) is 4.98. The molecule has 2 aliphatic carbocycles. The van der Waals surface area contributed by atoms with Gasteiger partial charge in [-0.15, -0.1) is 0 Å². The summed E-state index contributed by atoms with van der Waals surface area (Å²) >= 11 is 0. The fraction of sp³-hybridized carbons (Fsp3) is 0.517. The number of carbonyl (C=O) groups is 2. The van der Waals surface area contributed by atoms with E-state index in [2.05, 4.69) is 34.5 Å². The van der Waals surface area contributed by atoms with Crippen molar-refractivity contribution in [2.45, 2.75) is 70.4 Å². The van der Waals surface area contributed by atoms with Gasteiger partial charge in [0.1, 0.15) is 5.75 Å². The molecule has 5 rings (SSSR count). The van der Waals surface area contributed by atoms with Crippen LogP contribution in [0, 0.1) is 11.8 Å². The second-order valence-corrected chi connectivity index (χ2v) is 10.1. The van der Waals surface area contributed by atoms with Crippen molar-refractivity contribution in [1.82, 2.24) is 10.2 Å². The number of benzene rings is 2. The molecular weight excluding hydrogens is 424 g/mol. The van der Waals surface area contributed by atoms with Crippen LogP contribution >= 0.6 is 0 Å². The molecule has 1 N–H and O–H groups in total. The van der Waals surface area contributed by atoms with Crippen LogP contribution in [0.5, 0.6) is 5.75 Å². The van der Waals surface area contributed by atoms with E-state index in [4.69, 9.17) is 4.74 Å². The van der Waals surface area contributed by atoms with Crippen LogP contribution < -0.4 is 10.1 Å². The minimum atomic E-state index is -0.508. The summed E-state index contributed by atoms with van der Waals surface area (Å²) in [6.45, 7) is 3.47. The number of nitrogens with zero attached hydrogens (tertiary/aromatic N) is 1. The first kappa shape index (κ1) is 22.9. The highest BCUT2D eigenvalue weighted by atomic mass is 16.5. The van der Waals surface area contributed by atoms with Crippen LogP contribution in [0.4, 0.5) is 0 Å². The number of nitrogens with one attached hydrogen (secondary N) is 1. The van der Waals surface area contributed by atoms with Crippen molar-refractivity contribution in [3.8, 4) is 5.75 Å². The van der Waals surface area contributed by atoms with E-state index < -0.39 is 6.10 Å². The Balaban J connectivity index is 1.41. The van der Waals surface area contributed by atoms with Gasteiger partial charge < -0.3 is 15.0 Å². The monoisotopic (exact) mass is 460 g/mol. The molecule has 2 fully saturated rings. The largest absolute Gasteiger partial charge is 0.481 e. The zero-order valence-corrected chi connectivity index (χ0v) is 20.2. The third-order valence-corrected chi connectivity index (χ3v) is 7.65. The van der Waals surface area contributed by atoms with E-state index in [1.54, 1.807) is 0 Å². The van der Waals surface area contributed by atoms with Gasteiger partial charge in [0.05, 0.1) is 6.04 Å². The molecule has 2 amide bonds. The second-order valence-electron chi connectivity index (χ2n) is 10.1. The molecule has 2 atom stereocenters. The molecular formula is C29H36N2O3. The summed E-state index contributed by atoms with van der Waals surface area (Å²) in [5.74, 6) is 1.73. The van der Waals surface area contributed by atoms with Crippen LogP contribution in [0.1, 0.15) is 74.6 Å². The summed E-state index contributed by atoms with van der Waals surface area (Å²) in [6, 6.07) is 16.4. The molecule has 3 aliphatic rings. The molecule has 180 valence electrons. The molecule has 0 spiro atoms. The second kappa shape index (κ2) is 10.2.